The molecule has 0 amide bonds. The Balaban J connectivity index is 0.00000146. The van der Waals surface area contributed by atoms with E-state index in [4.69, 9.17) is 0 Å². The molecule has 2 aromatic carbocycles. The molecule has 24 heavy (non-hydrogen) atoms. The largest absolute Gasteiger partial charge is 1.00 e. The van der Waals surface area contributed by atoms with E-state index in [2.05, 4.69) is 52.3 Å². The minimum atomic E-state index is -0.206. The van der Waals surface area contributed by atoms with Crippen LogP contribution in [0.4, 0.5) is 4.39 Å². The van der Waals surface area contributed by atoms with Gasteiger partial charge < -0.3 is 24.0 Å². The van der Waals surface area contributed by atoms with E-state index in [0.29, 0.717) is 0 Å². The van der Waals surface area contributed by atoms with Crippen LogP contribution in [0, 0.1) is 12.7 Å². The number of hydrogen-bond donors (Lipinski definition) is 0. The van der Waals surface area contributed by atoms with Crippen LogP contribution in [0.1, 0.15) is 5.56 Å². The summed E-state index contributed by atoms with van der Waals surface area (Å²) in [7, 11) is 0. The number of nitrogens with zero attached hydrogens (tertiary/aromatic N) is 2. The molecule has 0 atom stereocenters. The third-order valence-corrected chi connectivity index (χ3v) is 4.51. The molecule has 2 nitrogen and oxygen atoms in total. The molecule has 0 saturated heterocycles. The van der Waals surface area contributed by atoms with Crippen molar-refractivity contribution in [2.75, 3.05) is 0 Å². The zero-order valence-corrected chi connectivity index (χ0v) is 15.2. The number of aryl methyl sites for hydroxylation is 1. The van der Waals surface area contributed by atoms with Crippen molar-refractivity contribution in [3.05, 3.63) is 78.2 Å². The molecular formula is C20H14FIN2. The lowest BCUT2D eigenvalue weighted by Gasteiger charge is -2.00. The van der Waals surface area contributed by atoms with Crippen molar-refractivity contribution in [3.63, 3.8) is 0 Å². The van der Waals surface area contributed by atoms with E-state index in [1.807, 2.05) is 18.2 Å². The number of rotatable bonds is 0. The van der Waals surface area contributed by atoms with Crippen LogP contribution in [0.5, 0.6) is 0 Å². The van der Waals surface area contributed by atoms with Crippen LogP contribution < -0.4 is 28.4 Å². The maximum Gasteiger partial charge on any atom is 0.292 e. The molecule has 0 saturated carbocycles. The molecule has 3 heterocycles. The van der Waals surface area contributed by atoms with E-state index in [0.717, 1.165) is 22.1 Å². The van der Waals surface area contributed by atoms with E-state index >= 15 is 0 Å². The summed E-state index contributed by atoms with van der Waals surface area (Å²) in [6, 6.07) is 19.7. The number of imidazole rings is 1. The first-order valence-electron chi connectivity index (χ1n) is 7.65. The van der Waals surface area contributed by atoms with E-state index in [9.17, 15) is 4.39 Å². The van der Waals surface area contributed by atoms with Gasteiger partial charge in [0.25, 0.3) is 5.65 Å². The summed E-state index contributed by atoms with van der Waals surface area (Å²) >= 11 is 0. The number of hydrogen-bond acceptors (Lipinski definition) is 0. The molecule has 0 bridgehead atoms. The Hall–Kier alpha value is -2.21. The highest BCUT2D eigenvalue weighted by atomic mass is 127. The second-order valence-electron chi connectivity index (χ2n) is 6.05. The van der Waals surface area contributed by atoms with Gasteiger partial charge in [-0.15, -0.1) is 0 Å². The summed E-state index contributed by atoms with van der Waals surface area (Å²) in [5, 5.41) is 2.12. The predicted molar refractivity (Wildman–Crippen MR) is 90.3 cm³/mol. The molecule has 0 unspecified atom stereocenters. The molecule has 0 fully saturated rings. The molecule has 0 N–H and O–H groups in total. The van der Waals surface area contributed by atoms with Gasteiger partial charge in [-0.3, -0.25) is 0 Å². The van der Waals surface area contributed by atoms with Gasteiger partial charge in [-0.25, -0.2) is 4.39 Å². The highest BCUT2D eigenvalue weighted by Gasteiger charge is 2.16. The average molecular weight is 428 g/mol. The van der Waals surface area contributed by atoms with Crippen LogP contribution in [0.15, 0.2) is 66.9 Å². The van der Waals surface area contributed by atoms with Crippen molar-refractivity contribution in [2.45, 2.75) is 6.92 Å². The van der Waals surface area contributed by atoms with Crippen molar-refractivity contribution in [1.82, 2.24) is 4.40 Å². The third-order valence-electron chi connectivity index (χ3n) is 4.51. The van der Waals surface area contributed by atoms with Gasteiger partial charge in [0.1, 0.15) is 23.0 Å². The SMILES string of the molecule is Cc1ccc2c(ccc3c[n+]4c5ccc(F)cc5ccc4n32)c1.[I-]. The Morgan fingerprint density at radius 2 is 1.71 bits per heavy atom. The van der Waals surface area contributed by atoms with Crippen molar-refractivity contribution >= 4 is 33.0 Å². The molecule has 4 heteroatoms. The van der Waals surface area contributed by atoms with E-state index in [1.165, 1.54) is 22.5 Å². The van der Waals surface area contributed by atoms with Crippen LogP contribution >= 0.6 is 0 Å². The Morgan fingerprint density at radius 1 is 0.875 bits per heavy atom. The molecule has 0 radical (unpaired) electrons. The summed E-state index contributed by atoms with van der Waals surface area (Å²) in [6.07, 6.45) is 2.11. The lowest BCUT2D eigenvalue weighted by atomic mass is 10.1. The van der Waals surface area contributed by atoms with Gasteiger partial charge in [0.05, 0.1) is 0 Å². The van der Waals surface area contributed by atoms with Crippen LogP contribution in [-0.4, -0.2) is 4.40 Å². The fraction of sp³-hybridized carbons (Fsp3) is 0.0500. The van der Waals surface area contributed by atoms with Gasteiger partial charge >= 0.3 is 0 Å². The van der Waals surface area contributed by atoms with Gasteiger partial charge in [-0.2, -0.15) is 8.80 Å². The highest BCUT2D eigenvalue weighted by Crippen LogP contribution is 2.22. The molecular weight excluding hydrogens is 414 g/mol. The number of aromatic nitrogens is 2. The topological polar surface area (TPSA) is 8.51 Å². The first-order valence-corrected chi connectivity index (χ1v) is 7.65. The summed E-state index contributed by atoms with van der Waals surface area (Å²) in [5.41, 5.74) is 5.64. The number of halogens is 2. The molecule has 0 spiro atoms. The Morgan fingerprint density at radius 3 is 2.58 bits per heavy atom. The molecule has 0 aliphatic carbocycles. The predicted octanol–water partition coefficient (Wildman–Crippen LogP) is 1.44. The number of fused-ring (bicyclic) bond motifs is 7. The second-order valence-corrected chi connectivity index (χ2v) is 6.05. The fourth-order valence-corrected chi connectivity index (χ4v) is 3.45. The van der Waals surface area contributed by atoms with Crippen molar-refractivity contribution in [1.29, 1.82) is 0 Å². The van der Waals surface area contributed by atoms with Crippen molar-refractivity contribution < 1.29 is 32.8 Å². The quantitative estimate of drug-likeness (QED) is 0.261. The molecule has 0 aliphatic rings. The van der Waals surface area contributed by atoms with Gasteiger partial charge in [-0.05, 0) is 55.5 Å². The number of pyridine rings is 2. The molecule has 3 aromatic heterocycles. The van der Waals surface area contributed by atoms with Crippen LogP contribution in [0.2, 0.25) is 0 Å². The molecule has 118 valence electrons. The van der Waals surface area contributed by atoms with Gasteiger partial charge in [0.15, 0.2) is 5.52 Å². The lowest BCUT2D eigenvalue weighted by molar-refractivity contribution is -0.479. The van der Waals surface area contributed by atoms with Gasteiger partial charge in [-0.1, -0.05) is 11.6 Å². The summed E-state index contributed by atoms with van der Waals surface area (Å²) in [5.74, 6) is -0.206. The van der Waals surface area contributed by atoms with Gasteiger partial charge in [0, 0.05) is 16.8 Å². The number of benzene rings is 2. The molecule has 5 aromatic rings. The van der Waals surface area contributed by atoms with Gasteiger partial charge in [0.2, 0.25) is 0 Å². The first kappa shape index (κ1) is 15.3. The lowest BCUT2D eigenvalue weighted by Crippen LogP contribution is -3.00. The highest BCUT2D eigenvalue weighted by molar-refractivity contribution is 5.86. The van der Waals surface area contributed by atoms with E-state index < -0.39 is 0 Å². The minimum absolute atomic E-state index is 0. The second kappa shape index (κ2) is 5.41. The fourth-order valence-electron chi connectivity index (χ4n) is 3.45. The molecule has 0 aliphatic heterocycles. The average Bonchev–Trinajstić information content (AvgIpc) is 2.93. The Kier molecular flexibility index (Phi) is 3.46. The van der Waals surface area contributed by atoms with Crippen molar-refractivity contribution in [2.24, 2.45) is 0 Å². The Bertz CT molecular complexity index is 1240. The standard InChI is InChI=1S/C20H14FN2.HI/c1-13-2-7-19-14(10-13)3-6-17-12-22-18-8-5-16(21)11-15(18)4-9-20(22)23(17)19;/h2-12H,1H3;1H/q+1;/p-1. The zero-order valence-electron chi connectivity index (χ0n) is 13.0. The first-order chi connectivity index (χ1) is 11.2. The summed E-state index contributed by atoms with van der Waals surface area (Å²) in [4.78, 5) is 0. The molecule has 5 rings (SSSR count). The summed E-state index contributed by atoms with van der Waals surface area (Å²) < 4.78 is 17.8. The minimum Gasteiger partial charge on any atom is -1.00 e. The normalized spacial score (nSPS) is 11.4. The van der Waals surface area contributed by atoms with E-state index in [1.54, 1.807) is 6.07 Å². The summed E-state index contributed by atoms with van der Waals surface area (Å²) in [6.45, 7) is 2.11. The third kappa shape index (κ3) is 2.09. The van der Waals surface area contributed by atoms with E-state index in [-0.39, 0.29) is 29.8 Å². The van der Waals surface area contributed by atoms with Crippen LogP contribution in [-0.2, 0) is 0 Å². The van der Waals surface area contributed by atoms with Crippen LogP contribution in [0.3, 0.4) is 0 Å². The smallest absolute Gasteiger partial charge is 0.292 e. The van der Waals surface area contributed by atoms with Crippen LogP contribution in [0.25, 0.3) is 33.0 Å². The maximum absolute atomic E-state index is 13.5. The maximum atomic E-state index is 13.5. The Labute approximate surface area is 155 Å². The van der Waals surface area contributed by atoms with Crippen molar-refractivity contribution in [3.8, 4) is 0 Å². The monoisotopic (exact) mass is 428 g/mol. The zero-order chi connectivity index (χ0) is 15.6.